The van der Waals surface area contributed by atoms with E-state index in [4.69, 9.17) is 5.73 Å². The zero-order valence-corrected chi connectivity index (χ0v) is 16.5. The fraction of sp³-hybridized carbons (Fsp3) is 0.263. The molecule has 0 radical (unpaired) electrons. The second-order valence-corrected chi connectivity index (χ2v) is 6.66. The molecule has 0 fully saturated rings. The Balaban J connectivity index is 1.69. The number of amides is 1. The smallest absolute Gasteiger partial charge is 0.335 e. The van der Waals surface area contributed by atoms with Crippen LogP contribution in [-0.2, 0) is 19.6 Å². The van der Waals surface area contributed by atoms with Crippen molar-refractivity contribution in [2.45, 2.75) is 33.5 Å². The van der Waals surface area contributed by atoms with Crippen LogP contribution in [0.25, 0.3) is 22.2 Å². The number of hydrogen-bond acceptors (Lipinski definition) is 6. The number of fused-ring (bicyclic) bond motifs is 2. The Labute approximate surface area is 170 Å². The molecule has 1 amide bonds. The van der Waals surface area contributed by atoms with Crippen molar-refractivity contribution in [3.05, 3.63) is 41.5 Å². The number of nitrogens with one attached hydrogen (secondary N) is 2. The highest BCUT2D eigenvalue weighted by atomic mass is 16.4. The number of carboxylic acids is 1. The number of aromatic amines is 1. The molecule has 0 aliphatic heterocycles. The van der Waals surface area contributed by atoms with E-state index in [1.54, 1.807) is 18.2 Å². The molecule has 4 aromatic rings. The van der Waals surface area contributed by atoms with Gasteiger partial charge in [0.15, 0.2) is 28.2 Å². The predicted molar refractivity (Wildman–Crippen MR) is 108 cm³/mol. The summed E-state index contributed by atoms with van der Waals surface area (Å²) in [6.45, 7) is 5.44. The van der Waals surface area contributed by atoms with E-state index >= 15 is 0 Å². The first kappa shape index (κ1) is 19.3. The molecule has 0 aliphatic carbocycles. The van der Waals surface area contributed by atoms with E-state index in [0.717, 1.165) is 16.9 Å². The van der Waals surface area contributed by atoms with Gasteiger partial charge in [-0.1, -0.05) is 0 Å². The monoisotopic (exact) mass is 409 g/mol. The van der Waals surface area contributed by atoms with Gasteiger partial charge in [0.25, 0.3) is 11.7 Å². The summed E-state index contributed by atoms with van der Waals surface area (Å²) in [6.07, 6.45) is 1.47. The van der Waals surface area contributed by atoms with Gasteiger partial charge >= 0.3 is 5.97 Å². The summed E-state index contributed by atoms with van der Waals surface area (Å²) in [7, 11) is 0. The Bertz CT molecular complexity index is 1290. The van der Waals surface area contributed by atoms with Crippen LogP contribution in [0.2, 0.25) is 0 Å². The molecule has 3 aromatic heterocycles. The summed E-state index contributed by atoms with van der Waals surface area (Å²) in [6, 6.07) is 5.01. The van der Waals surface area contributed by atoms with Crippen molar-refractivity contribution in [3.63, 3.8) is 0 Å². The second-order valence-electron chi connectivity index (χ2n) is 6.66. The minimum atomic E-state index is -0.984. The molecule has 5 N–H and O–H groups in total. The Hall–Kier alpha value is -4.02. The molecule has 4 rings (SSSR count). The van der Waals surface area contributed by atoms with Crippen molar-refractivity contribution in [2.24, 2.45) is 0 Å². The maximum Gasteiger partial charge on any atom is 0.335 e. The molecule has 0 bridgehead atoms. The van der Waals surface area contributed by atoms with Gasteiger partial charge in [-0.3, -0.25) is 9.89 Å². The van der Waals surface area contributed by atoms with E-state index in [9.17, 15) is 14.7 Å². The normalized spacial score (nSPS) is 11.3. The fourth-order valence-corrected chi connectivity index (χ4v) is 3.62. The van der Waals surface area contributed by atoms with Crippen LogP contribution in [0, 0.1) is 0 Å². The summed E-state index contributed by atoms with van der Waals surface area (Å²) in [4.78, 5) is 32.5. The summed E-state index contributed by atoms with van der Waals surface area (Å²) >= 11 is 0. The van der Waals surface area contributed by atoms with Gasteiger partial charge in [0.1, 0.15) is 12.1 Å². The number of imidazole rings is 1. The number of nitrogen functional groups attached to an aromatic ring is 1. The molecule has 0 atom stereocenters. The van der Waals surface area contributed by atoms with Crippen LogP contribution in [0.4, 0.5) is 5.82 Å². The summed E-state index contributed by atoms with van der Waals surface area (Å²) in [5.41, 5.74) is 8.67. The maximum absolute atomic E-state index is 12.7. The number of benzene rings is 1. The molecular formula is C19H21N8O3+. The van der Waals surface area contributed by atoms with Gasteiger partial charge in [0.2, 0.25) is 0 Å². The first-order valence-electron chi connectivity index (χ1n) is 9.47. The van der Waals surface area contributed by atoms with Gasteiger partial charge in [-0.15, -0.1) is 0 Å². The van der Waals surface area contributed by atoms with Crippen molar-refractivity contribution in [1.29, 1.82) is 0 Å². The molecule has 0 saturated carbocycles. The maximum atomic E-state index is 12.7. The van der Waals surface area contributed by atoms with Gasteiger partial charge in [0.05, 0.1) is 24.8 Å². The second kappa shape index (κ2) is 7.43. The van der Waals surface area contributed by atoms with Crippen molar-refractivity contribution in [3.8, 4) is 0 Å². The van der Waals surface area contributed by atoms with Crippen LogP contribution < -0.4 is 15.6 Å². The third-order valence-corrected chi connectivity index (χ3v) is 4.99. The minimum Gasteiger partial charge on any atom is -0.478 e. The Kier molecular flexibility index (Phi) is 4.78. The number of aromatic carboxylic acids is 1. The summed E-state index contributed by atoms with van der Waals surface area (Å²) < 4.78 is 4.03. The highest BCUT2D eigenvalue weighted by molar-refractivity contribution is 5.98. The number of rotatable bonds is 6. The lowest BCUT2D eigenvalue weighted by molar-refractivity contribution is -0.676. The third kappa shape index (κ3) is 3.09. The highest BCUT2D eigenvalue weighted by Gasteiger charge is 2.25. The molecule has 11 nitrogen and oxygen atoms in total. The van der Waals surface area contributed by atoms with Crippen LogP contribution in [-0.4, -0.2) is 41.7 Å². The number of H-pyrrole nitrogens is 1. The molecule has 11 heteroatoms. The average molecular weight is 409 g/mol. The lowest BCUT2D eigenvalue weighted by atomic mass is 10.2. The van der Waals surface area contributed by atoms with Crippen LogP contribution in [0.1, 0.15) is 40.5 Å². The molecule has 0 aliphatic rings. The topological polar surface area (TPSA) is 156 Å². The number of anilines is 1. The predicted octanol–water partition coefficient (Wildman–Crippen LogP) is 0.845. The number of carbonyl (C=O) groups excluding carboxylic acids is 1. The van der Waals surface area contributed by atoms with Crippen molar-refractivity contribution < 1.29 is 19.3 Å². The van der Waals surface area contributed by atoms with Crippen LogP contribution in [0.5, 0.6) is 0 Å². The fourth-order valence-electron chi connectivity index (χ4n) is 3.62. The number of carboxylic acid groups (broad SMARTS) is 1. The van der Waals surface area contributed by atoms with Gasteiger partial charge < -0.3 is 16.2 Å². The van der Waals surface area contributed by atoms with E-state index < -0.39 is 11.9 Å². The molecule has 0 unspecified atom stereocenters. The Morgan fingerprint density at radius 3 is 2.80 bits per heavy atom. The number of nitrogens with two attached hydrogens (primary N) is 1. The quantitative estimate of drug-likeness (QED) is 0.344. The number of nitrogens with zero attached hydrogens (tertiary/aromatic N) is 5. The van der Waals surface area contributed by atoms with E-state index in [-0.39, 0.29) is 23.6 Å². The zero-order chi connectivity index (χ0) is 21.4. The summed E-state index contributed by atoms with van der Waals surface area (Å²) in [5, 5.41) is 18.7. The standard InChI is InChI=1S/C19H20N8O3/c1-3-26-12-6-5-10(19(29)30)7-13(12)27(4-2)14(26)9-21-18(28)15-16(20)24-17-11(23-15)8-22-25-17/h5-8H,3-4,9H2,1-2H3,(H4-,20,21,22,23,24,25,28,29,30)/p+1. The van der Waals surface area contributed by atoms with E-state index in [0.29, 0.717) is 24.3 Å². The zero-order valence-electron chi connectivity index (χ0n) is 16.5. The first-order chi connectivity index (χ1) is 14.4. The van der Waals surface area contributed by atoms with E-state index in [1.807, 2.05) is 23.0 Å². The van der Waals surface area contributed by atoms with Crippen molar-refractivity contribution >= 4 is 39.9 Å². The number of carbonyl (C=O) groups is 2. The first-order valence-corrected chi connectivity index (χ1v) is 9.47. The molecule has 154 valence electrons. The number of hydrogen-bond donors (Lipinski definition) is 4. The van der Waals surface area contributed by atoms with Crippen molar-refractivity contribution in [1.82, 2.24) is 30.0 Å². The molecule has 3 heterocycles. The van der Waals surface area contributed by atoms with Crippen molar-refractivity contribution in [2.75, 3.05) is 5.73 Å². The lowest BCUT2D eigenvalue weighted by Crippen LogP contribution is -2.40. The molecule has 0 saturated heterocycles. The van der Waals surface area contributed by atoms with Gasteiger partial charge in [-0.05, 0) is 26.0 Å². The number of aryl methyl sites for hydroxylation is 2. The van der Waals surface area contributed by atoms with E-state index in [2.05, 4.69) is 25.5 Å². The average Bonchev–Trinajstić information content (AvgIpc) is 3.31. The number of aromatic nitrogens is 6. The third-order valence-electron chi connectivity index (χ3n) is 4.99. The molecule has 1 aromatic carbocycles. The Morgan fingerprint density at radius 1 is 1.30 bits per heavy atom. The SMILES string of the molecule is CCn1c(CNC(=O)c2nc3cn[nH]c3nc2N)[n+](CC)c2ccc(C(=O)O)cc21. The molecule has 0 spiro atoms. The largest absolute Gasteiger partial charge is 0.478 e. The summed E-state index contributed by atoms with van der Waals surface area (Å²) in [5.74, 6) is -0.594. The molecular weight excluding hydrogens is 388 g/mol. The van der Waals surface area contributed by atoms with Crippen LogP contribution in [0.3, 0.4) is 0 Å². The van der Waals surface area contributed by atoms with Gasteiger partial charge in [-0.2, -0.15) is 5.10 Å². The van der Waals surface area contributed by atoms with Crippen LogP contribution >= 0.6 is 0 Å². The Morgan fingerprint density at radius 2 is 2.10 bits per heavy atom. The van der Waals surface area contributed by atoms with Crippen LogP contribution in [0.15, 0.2) is 24.4 Å². The highest BCUT2D eigenvalue weighted by Crippen LogP contribution is 2.18. The lowest BCUT2D eigenvalue weighted by Gasteiger charge is -2.07. The molecule has 30 heavy (non-hydrogen) atoms. The van der Waals surface area contributed by atoms with Gasteiger partial charge in [0, 0.05) is 6.07 Å². The van der Waals surface area contributed by atoms with E-state index in [1.165, 1.54) is 6.20 Å². The minimum absolute atomic E-state index is 0.00903. The van der Waals surface area contributed by atoms with Gasteiger partial charge in [-0.25, -0.2) is 23.9 Å².